The van der Waals surface area contributed by atoms with E-state index in [2.05, 4.69) is 15.6 Å². The van der Waals surface area contributed by atoms with Gasteiger partial charge in [0.25, 0.3) is 0 Å². The summed E-state index contributed by atoms with van der Waals surface area (Å²) in [5, 5.41) is 9.71. The lowest BCUT2D eigenvalue weighted by atomic mass is 10.2. The van der Waals surface area contributed by atoms with Gasteiger partial charge < -0.3 is 5.32 Å². The maximum atomic E-state index is 11.6. The molecule has 98 valence electrons. The van der Waals surface area contributed by atoms with E-state index in [1.54, 1.807) is 0 Å². The van der Waals surface area contributed by atoms with Gasteiger partial charge in [0.2, 0.25) is 5.91 Å². The number of carbonyl (C=O) groups is 2. The van der Waals surface area contributed by atoms with Crippen molar-refractivity contribution < 1.29 is 18.0 Å². The summed E-state index contributed by atoms with van der Waals surface area (Å²) in [5.41, 5.74) is 0.145. The standard InChI is InChI=1S/C9H12N4O4S/c14-5-8-3-13(12-11-8)4-9(15)10-7-1-2-18(16,17)6-7/h3,5,7H,1-2,4,6H2,(H,10,15). The molecule has 0 spiro atoms. The Hall–Kier alpha value is -1.77. The molecule has 2 rings (SSSR count). The highest BCUT2D eigenvalue weighted by atomic mass is 32.2. The van der Waals surface area contributed by atoms with Gasteiger partial charge in [0.1, 0.15) is 12.2 Å². The van der Waals surface area contributed by atoms with Gasteiger partial charge in [0.15, 0.2) is 16.1 Å². The van der Waals surface area contributed by atoms with Crippen LogP contribution in [0.3, 0.4) is 0 Å². The van der Waals surface area contributed by atoms with E-state index in [1.165, 1.54) is 10.9 Å². The maximum Gasteiger partial charge on any atom is 0.242 e. The van der Waals surface area contributed by atoms with E-state index in [0.717, 1.165) is 0 Å². The van der Waals surface area contributed by atoms with E-state index < -0.39 is 9.84 Å². The van der Waals surface area contributed by atoms with Crippen LogP contribution < -0.4 is 5.32 Å². The van der Waals surface area contributed by atoms with Crippen molar-refractivity contribution >= 4 is 22.0 Å². The molecule has 1 unspecified atom stereocenters. The highest BCUT2D eigenvalue weighted by Crippen LogP contribution is 2.11. The Morgan fingerprint density at radius 3 is 2.94 bits per heavy atom. The van der Waals surface area contributed by atoms with Gasteiger partial charge in [-0.25, -0.2) is 13.1 Å². The summed E-state index contributed by atoms with van der Waals surface area (Å²) in [5.74, 6) is -0.258. The van der Waals surface area contributed by atoms with Crippen molar-refractivity contribution in [2.45, 2.75) is 19.0 Å². The first-order valence-corrected chi connectivity index (χ1v) is 7.16. The number of aldehydes is 1. The van der Waals surface area contributed by atoms with Gasteiger partial charge in [0, 0.05) is 6.04 Å². The molecule has 9 heteroatoms. The predicted molar refractivity (Wildman–Crippen MR) is 60.6 cm³/mol. The van der Waals surface area contributed by atoms with Crippen molar-refractivity contribution in [3.63, 3.8) is 0 Å². The third kappa shape index (κ3) is 3.13. The van der Waals surface area contributed by atoms with Crippen LogP contribution in [0.15, 0.2) is 6.20 Å². The van der Waals surface area contributed by atoms with Crippen LogP contribution in [0.2, 0.25) is 0 Å². The quantitative estimate of drug-likeness (QED) is 0.660. The van der Waals surface area contributed by atoms with E-state index >= 15 is 0 Å². The number of hydrogen-bond acceptors (Lipinski definition) is 6. The first-order valence-electron chi connectivity index (χ1n) is 5.33. The summed E-state index contributed by atoms with van der Waals surface area (Å²) in [6.45, 7) is -0.0859. The van der Waals surface area contributed by atoms with Crippen LogP contribution in [-0.4, -0.2) is 53.2 Å². The van der Waals surface area contributed by atoms with Crippen molar-refractivity contribution in [1.82, 2.24) is 20.3 Å². The predicted octanol–water partition coefficient (Wildman–Crippen LogP) is -1.61. The summed E-state index contributed by atoms with van der Waals surface area (Å²) >= 11 is 0. The molecular weight excluding hydrogens is 260 g/mol. The van der Waals surface area contributed by atoms with E-state index in [0.29, 0.717) is 12.7 Å². The van der Waals surface area contributed by atoms with Crippen molar-refractivity contribution in [3.8, 4) is 0 Å². The second-order valence-electron chi connectivity index (χ2n) is 4.13. The molecule has 0 aliphatic carbocycles. The number of aromatic nitrogens is 3. The smallest absolute Gasteiger partial charge is 0.242 e. The summed E-state index contributed by atoms with van der Waals surface area (Å²) in [6.07, 6.45) is 2.31. The lowest BCUT2D eigenvalue weighted by Crippen LogP contribution is -2.37. The van der Waals surface area contributed by atoms with Gasteiger partial charge in [-0.3, -0.25) is 9.59 Å². The molecule has 1 saturated heterocycles. The molecule has 1 fully saturated rings. The minimum Gasteiger partial charge on any atom is -0.351 e. The van der Waals surface area contributed by atoms with Gasteiger partial charge >= 0.3 is 0 Å². The number of hydrogen-bond donors (Lipinski definition) is 1. The minimum atomic E-state index is -3.01. The summed E-state index contributed by atoms with van der Waals surface area (Å²) in [7, 11) is -3.01. The van der Waals surface area contributed by atoms with Crippen LogP contribution in [0.25, 0.3) is 0 Å². The lowest BCUT2D eigenvalue weighted by molar-refractivity contribution is -0.122. The molecule has 2 heterocycles. The van der Waals surface area contributed by atoms with Crippen molar-refractivity contribution in [1.29, 1.82) is 0 Å². The van der Waals surface area contributed by atoms with E-state index in [9.17, 15) is 18.0 Å². The van der Waals surface area contributed by atoms with E-state index in [1.807, 2.05) is 0 Å². The SMILES string of the molecule is O=Cc1cn(CC(=O)NC2CCS(=O)(=O)C2)nn1. The normalized spacial score (nSPS) is 21.7. The first-order chi connectivity index (χ1) is 8.48. The molecule has 1 atom stereocenters. The highest BCUT2D eigenvalue weighted by molar-refractivity contribution is 7.91. The molecule has 1 aromatic heterocycles. The van der Waals surface area contributed by atoms with Gasteiger partial charge in [-0.15, -0.1) is 5.10 Å². The number of sulfone groups is 1. The van der Waals surface area contributed by atoms with Crippen molar-refractivity contribution in [3.05, 3.63) is 11.9 Å². The number of nitrogens with one attached hydrogen (secondary N) is 1. The molecule has 8 nitrogen and oxygen atoms in total. The van der Waals surface area contributed by atoms with Crippen molar-refractivity contribution in [2.75, 3.05) is 11.5 Å². The van der Waals surface area contributed by atoms with Gasteiger partial charge in [-0.2, -0.15) is 0 Å². The molecule has 1 aliphatic rings. The first kappa shape index (κ1) is 12.7. The van der Waals surface area contributed by atoms with Crippen LogP contribution in [0.1, 0.15) is 16.9 Å². The average Bonchev–Trinajstić information content (AvgIpc) is 2.85. The molecule has 0 aromatic carbocycles. The van der Waals surface area contributed by atoms with Crippen LogP contribution in [0, 0.1) is 0 Å². The van der Waals surface area contributed by atoms with E-state index in [4.69, 9.17) is 0 Å². The minimum absolute atomic E-state index is 0.0182. The zero-order chi connectivity index (χ0) is 13.2. The fourth-order valence-corrected chi connectivity index (χ4v) is 3.45. The van der Waals surface area contributed by atoms with Crippen LogP contribution in [0.4, 0.5) is 0 Å². The topological polar surface area (TPSA) is 111 Å². The zero-order valence-electron chi connectivity index (χ0n) is 9.44. The second kappa shape index (κ2) is 4.84. The number of rotatable bonds is 4. The Morgan fingerprint density at radius 2 is 2.39 bits per heavy atom. The molecule has 1 N–H and O–H groups in total. The number of nitrogens with zero attached hydrogens (tertiary/aromatic N) is 3. The van der Waals surface area contributed by atoms with Crippen LogP contribution in [0.5, 0.6) is 0 Å². The monoisotopic (exact) mass is 272 g/mol. The number of carbonyl (C=O) groups excluding carboxylic acids is 2. The Morgan fingerprint density at radius 1 is 1.61 bits per heavy atom. The zero-order valence-corrected chi connectivity index (χ0v) is 10.3. The highest BCUT2D eigenvalue weighted by Gasteiger charge is 2.28. The third-order valence-corrected chi connectivity index (χ3v) is 4.35. The van der Waals surface area contributed by atoms with Gasteiger partial charge in [-0.1, -0.05) is 5.21 Å². The number of amides is 1. The summed E-state index contributed by atoms with van der Waals surface area (Å²) < 4.78 is 23.6. The molecule has 0 radical (unpaired) electrons. The summed E-state index contributed by atoms with van der Waals surface area (Å²) in [6, 6.07) is -0.337. The Balaban J connectivity index is 1.87. The maximum absolute atomic E-state index is 11.6. The Bertz CT molecular complexity index is 565. The second-order valence-corrected chi connectivity index (χ2v) is 6.36. The average molecular weight is 272 g/mol. The van der Waals surface area contributed by atoms with E-state index in [-0.39, 0.29) is 35.7 Å². The fraction of sp³-hybridized carbons (Fsp3) is 0.556. The molecule has 1 amide bonds. The molecule has 0 bridgehead atoms. The van der Waals surface area contributed by atoms with Crippen LogP contribution >= 0.6 is 0 Å². The molecule has 1 aliphatic heterocycles. The lowest BCUT2D eigenvalue weighted by Gasteiger charge is -2.10. The molecular formula is C9H12N4O4S. The van der Waals surface area contributed by atoms with Gasteiger partial charge in [0.05, 0.1) is 17.7 Å². The molecule has 0 saturated carbocycles. The van der Waals surface area contributed by atoms with Crippen LogP contribution in [-0.2, 0) is 21.2 Å². The molecule has 18 heavy (non-hydrogen) atoms. The summed E-state index contributed by atoms with van der Waals surface area (Å²) in [4.78, 5) is 22.0. The van der Waals surface area contributed by atoms with Gasteiger partial charge in [-0.05, 0) is 6.42 Å². The molecule has 1 aromatic rings. The third-order valence-electron chi connectivity index (χ3n) is 2.58. The largest absolute Gasteiger partial charge is 0.351 e. The Labute approximate surface area is 103 Å². The van der Waals surface area contributed by atoms with Crippen molar-refractivity contribution in [2.24, 2.45) is 0 Å². The fourth-order valence-electron chi connectivity index (χ4n) is 1.77. The Kier molecular flexibility index (Phi) is 3.41.